The van der Waals surface area contributed by atoms with E-state index in [1.807, 2.05) is 6.92 Å². The van der Waals surface area contributed by atoms with Crippen LogP contribution in [0.15, 0.2) is 18.8 Å². The second-order valence-corrected chi connectivity index (χ2v) is 4.11. The Morgan fingerprint density at radius 1 is 1.44 bits per heavy atom. The molecule has 0 fully saturated rings. The van der Waals surface area contributed by atoms with E-state index in [0.29, 0.717) is 22.0 Å². The maximum atomic E-state index is 12.3. The molecule has 0 amide bonds. The molecule has 1 aromatic rings. The third-order valence-corrected chi connectivity index (χ3v) is 2.52. The van der Waals surface area contributed by atoms with Crippen molar-refractivity contribution in [3.8, 4) is 0 Å². The van der Waals surface area contributed by atoms with Crippen LogP contribution in [0.4, 0.5) is 8.78 Å². The van der Waals surface area contributed by atoms with Gasteiger partial charge in [0.1, 0.15) is 5.69 Å². The average Bonchev–Trinajstić information content (AvgIpc) is 2.65. The van der Waals surface area contributed by atoms with Crippen LogP contribution in [-0.2, 0) is 0 Å². The Morgan fingerprint density at radius 2 is 2.06 bits per heavy atom. The first-order chi connectivity index (χ1) is 7.41. The summed E-state index contributed by atoms with van der Waals surface area (Å²) in [5.74, 6) is 0.439. The maximum absolute atomic E-state index is 12.3. The number of nitrogens with one attached hydrogen (secondary N) is 1. The number of halogens is 2. The minimum Gasteiger partial charge on any atom is -0.381 e. The van der Waals surface area contributed by atoms with Crippen LogP contribution in [0.25, 0.3) is 5.70 Å². The van der Waals surface area contributed by atoms with Gasteiger partial charge < -0.3 is 5.32 Å². The average molecular weight is 229 g/mol. The molecule has 16 heavy (non-hydrogen) atoms. The molecule has 1 atom stereocenters. The van der Waals surface area contributed by atoms with Crippen molar-refractivity contribution in [2.45, 2.75) is 33.4 Å². The second-order valence-electron chi connectivity index (χ2n) is 4.11. The van der Waals surface area contributed by atoms with Crippen molar-refractivity contribution in [2.24, 2.45) is 5.92 Å². The highest BCUT2D eigenvalue weighted by Gasteiger charge is 2.12. The number of alkyl halides is 2. The van der Waals surface area contributed by atoms with Crippen molar-refractivity contribution in [2.75, 3.05) is 0 Å². The van der Waals surface area contributed by atoms with Gasteiger partial charge in [0.25, 0.3) is 0 Å². The Kier molecular flexibility index (Phi) is 4.04. The molecule has 0 saturated carbocycles. The van der Waals surface area contributed by atoms with E-state index >= 15 is 0 Å². The van der Waals surface area contributed by atoms with Gasteiger partial charge in [-0.3, -0.25) is 0 Å². The Balaban J connectivity index is 2.66. The lowest BCUT2D eigenvalue weighted by molar-refractivity contribution is 0.0564. The highest BCUT2D eigenvalue weighted by Crippen LogP contribution is 2.14. The molecule has 0 aliphatic rings. The molecule has 90 valence electrons. The highest BCUT2D eigenvalue weighted by atomic mass is 19.3. The summed E-state index contributed by atoms with van der Waals surface area (Å²) in [4.78, 5) is 0. The fourth-order valence-electron chi connectivity index (χ4n) is 1.12. The first kappa shape index (κ1) is 12.7. The first-order valence-corrected chi connectivity index (χ1v) is 5.21. The van der Waals surface area contributed by atoms with Crippen molar-refractivity contribution in [3.63, 3.8) is 0 Å². The molecule has 0 aliphatic heterocycles. The maximum Gasteiger partial charge on any atom is 0.333 e. The molecule has 3 nitrogen and oxygen atoms in total. The van der Waals surface area contributed by atoms with Crippen LogP contribution in [-0.4, -0.2) is 15.8 Å². The van der Waals surface area contributed by atoms with Crippen molar-refractivity contribution >= 4 is 5.70 Å². The summed E-state index contributed by atoms with van der Waals surface area (Å²) in [5, 5.41) is 6.86. The van der Waals surface area contributed by atoms with Crippen LogP contribution in [0.1, 0.15) is 33.0 Å². The van der Waals surface area contributed by atoms with Crippen molar-refractivity contribution < 1.29 is 8.78 Å². The monoisotopic (exact) mass is 229 g/mol. The Labute approximate surface area is 94.1 Å². The topological polar surface area (TPSA) is 29.9 Å². The Bertz CT molecular complexity index is 358. The second kappa shape index (κ2) is 5.09. The molecule has 5 heteroatoms. The molecule has 0 saturated heterocycles. The van der Waals surface area contributed by atoms with E-state index in [-0.39, 0.29) is 6.04 Å². The van der Waals surface area contributed by atoms with Crippen molar-refractivity contribution in [1.82, 2.24) is 15.1 Å². The molecule has 1 aromatic heterocycles. The Hall–Kier alpha value is -1.39. The fourth-order valence-corrected chi connectivity index (χ4v) is 1.12. The van der Waals surface area contributed by atoms with Gasteiger partial charge in [-0.1, -0.05) is 20.4 Å². The summed E-state index contributed by atoms with van der Waals surface area (Å²) in [6, 6.07) is 1.75. The standard InChI is InChI=1S/C11H17F2N3/c1-7(2)8(3)14-9(4)10-5-6-16(15-10)11(12)13/h5-8,11,14H,4H2,1-3H3/t8-/m1/s1. The summed E-state index contributed by atoms with van der Waals surface area (Å²) in [5.41, 5.74) is 1.02. The predicted octanol–water partition coefficient (Wildman–Crippen LogP) is 2.88. The molecular formula is C11H17F2N3. The molecule has 0 spiro atoms. The molecule has 1 heterocycles. The van der Waals surface area contributed by atoms with Crippen molar-refractivity contribution in [1.29, 1.82) is 0 Å². The molecular weight excluding hydrogens is 212 g/mol. The molecule has 0 aliphatic carbocycles. The van der Waals surface area contributed by atoms with E-state index in [0.717, 1.165) is 0 Å². The number of hydrogen-bond acceptors (Lipinski definition) is 2. The smallest absolute Gasteiger partial charge is 0.333 e. The lowest BCUT2D eigenvalue weighted by atomic mass is 10.1. The quantitative estimate of drug-likeness (QED) is 0.841. The van der Waals surface area contributed by atoms with Crippen LogP contribution in [0, 0.1) is 5.92 Å². The van der Waals surface area contributed by atoms with E-state index in [1.165, 1.54) is 12.3 Å². The SMILES string of the molecule is C=C(N[C@H](C)C(C)C)c1ccn(C(F)F)n1. The number of hydrogen-bond donors (Lipinski definition) is 1. The van der Waals surface area contributed by atoms with Crippen LogP contribution in [0.5, 0.6) is 0 Å². The molecule has 0 radical (unpaired) electrons. The molecule has 0 bridgehead atoms. The molecule has 0 unspecified atom stereocenters. The minimum atomic E-state index is -2.61. The lowest BCUT2D eigenvalue weighted by Crippen LogP contribution is -2.29. The minimum absolute atomic E-state index is 0.226. The van der Waals surface area contributed by atoms with E-state index < -0.39 is 6.55 Å². The summed E-state index contributed by atoms with van der Waals surface area (Å²) in [7, 11) is 0. The third kappa shape index (κ3) is 3.05. The van der Waals surface area contributed by atoms with Gasteiger partial charge in [-0.25, -0.2) is 4.68 Å². The van der Waals surface area contributed by atoms with E-state index in [2.05, 4.69) is 30.8 Å². The summed E-state index contributed by atoms with van der Waals surface area (Å²) >= 11 is 0. The van der Waals surface area contributed by atoms with Crippen LogP contribution >= 0.6 is 0 Å². The summed E-state index contributed by atoms with van der Waals surface area (Å²) in [6.45, 7) is 7.34. The first-order valence-electron chi connectivity index (χ1n) is 5.21. The zero-order chi connectivity index (χ0) is 12.3. The van der Waals surface area contributed by atoms with Gasteiger partial charge in [-0.15, -0.1) is 0 Å². The van der Waals surface area contributed by atoms with E-state index in [4.69, 9.17) is 0 Å². The lowest BCUT2D eigenvalue weighted by Gasteiger charge is -2.19. The van der Waals surface area contributed by atoms with Gasteiger partial charge in [0.05, 0.1) is 5.70 Å². The van der Waals surface area contributed by atoms with E-state index in [1.54, 1.807) is 0 Å². The molecule has 1 rings (SSSR count). The van der Waals surface area contributed by atoms with Gasteiger partial charge in [-0.05, 0) is 18.9 Å². The number of aromatic nitrogens is 2. The van der Waals surface area contributed by atoms with Gasteiger partial charge in [-0.2, -0.15) is 13.9 Å². The molecule has 0 aromatic carbocycles. The predicted molar refractivity (Wildman–Crippen MR) is 59.9 cm³/mol. The highest BCUT2D eigenvalue weighted by molar-refractivity contribution is 5.57. The summed E-state index contributed by atoms with van der Waals surface area (Å²) < 4.78 is 25.2. The van der Waals surface area contributed by atoms with Crippen LogP contribution in [0.3, 0.4) is 0 Å². The van der Waals surface area contributed by atoms with Gasteiger partial charge in [0.2, 0.25) is 0 Å². The largest absolute Gasteiger partial charge is 0.381 e. The van der Waals surface area contributed by atoms with Gasteiger partial charge >= 0.3 is 6.55 Å². The number of nitrogens with zero attached hydrogens (tertiary/aromatic N) is 2. The van der Waals surface area contributed by atoms with Crippen LogP contribution in [0.2, 0.25) is 0 Å². The van der Waals surface area contributed by atoms with Gasteiger partial charge in [0, 0.05) is 12.2 Å². The van der Waals surface area contributed by atoms with Gasteiger partial charge in [0.15, 0.2) is 0 Å². The molecule has 1 N–H and O–H groups in total. The van der Waals surface area contributed by atoms with Crippen LogP contribution < -0.4 is 5.32 Å². The zero-order valence-corrected chi connectivity index (χ0v) is 9.74. The normalized spacial score (nSPS) is 13.2. The third-order valence-electron chi connectivity index (χ3n) is 2.52. The summed E-state index contributed by atoms with van der Waals surface area (Å²) in [6.07, 6.45) is 1.24. The zero-order valence-electron chi connectivity index (χ0n) is 9.74. The fraction of sp³-hybridized carbons (Fsp3) is 0.545. The van der Waals surface area contributed by atoms with E-state index in [9.17, 15) is 8.78 Å². The number of rotatable bonds is 5. The van der Waals surface area contributed by atoms with Crippen molar-refractivity contribution in [3.05, 3.63) is 24.5 Å². The Morgan fingerprint density at radius 3 is 2.50 bits per heavy atom.